The number of nitrogens with zero attached hydrogens (tertiary/aromatic N) is 3. The summed E-state index contributed by atoms with van der Waals surface area (Å²) in [5, 5.41) is 3.58. The van der Waals surface area contributed by atoms with E-state index in [1.54, 1.807) is 0 Å². The number of aromatic nitrogens is 3. The van der Waals surface area contributed by atoms with Crippen LogP contribution in [0.15, 0.2) is 18.3 Å². The van der Waals surface area contributed by atoms with Gasteiger partial charge >= 0.3 is 0 Å². The number of fused-ring (bicyclic) bond motifs is 1. The van der Waals surface area contributed by atoms with Gasteiger partial charge in [0.05, 0.1) is 6.04 Å². The number of pyridine rings is 1. The van der Waals surface area contributed by atoms with Gasteiger partial charge in [0.1, 0.15) is 11.3 Å². The molecule has 0 aliphatic carbocycles. The molecular weight excluding hydrogens is 268 g/mol. The van der Waals surface area contributed by atoms with Crippen molar-refractivity contribution in [2.45, 2.75) is 31.8 Å². The lowest BCUT2D eigenvalue weighted by Crippen LogP contribution is -2.20. The van der Waals surface area contributed by atoms with Gasteiger partial charge in [-0.05, 0) is 55.4 Å². The Labute approximate surface area is 123 Å². The Hall–Kier alpha value is -1.07. The Morgan fingerprint density at radius 2 is 2.40 bits per heavy atom. The molecule has 0 aromatic carbocycles. The maximum atomic E-state index is 4.87. The molecule has 2 aromatic rings. The molecular formula is C15H20N4S. The average molecular weight is 288 g/mol. The quantitative estimate of drug-likeness (QED) is 0.943. The first kappa shape index (κ1) is 12.7. The fourth-order valence-corrected chi connectivity index (χ4v) is 4.58. The van der Waals surface area contributed by atoms with E-state index in [-0.39, 0.29) is 0 Å². The summed E-state index contributed by atoms with van der Waals surface area (Å²) < 4.78 is 2.38. The van der Waals surface area contributed by atoms with Crippen molar-refractivity contribution < 1.29 is 0 Å². The van der Waals surface area contributed by atoms with Gasteiger partial charge in [-0.2, -0.15) is 11.8 Å². The number of rotatable bonds is 3. The normalized spacial score (nSPS) is 26.6. The van der Waals surface area contributed by atoms with Crippen LogP contribution in [0.5, 0.6) is 0 Å². The van der Waals surface area contributed by atoms with Crippen molar-refractivity contribution in [2.75, 3.05) is 18.1 Å². The lowest BCUT2D eigenvalue weighted by atomic mass is 10.1. The van der Waals surface area contributed by atoms with E-state index < -0.39 is 0 Å². The van der Waals surface area contributed by atoms with E-state index in [4.69, 9.17) is 4.98 Å². The van der Waals surface area contributed by atoms with E-state index in [1.807, 2.05) is 12.3 Å². The predicted molar refractivity (Wildman–Crippen MR) is 82.9 cm³/mol. The van der Waals surface area contributed by atoms with E-state index in [9.17, 15) is 0 Å². The van der Waals surface area contributed by atoms with Crippen LogP contribution in [-0.4, -0.2) is 32.6 Å². The highest BCUT2D eigenvalue weighted by Crippen LogP contribution is 2.30. The van der Waals surface area contributed by atoms with Crippen LogP contribution in [0.3, 0.4) is 0 Å². The Kier molecular flexibility index (Phi) is 3.40. The number of thioether (sulfide) groups is 1. The van der Waals surface area contributed by atoms with Gasteiger partial charge in [0, 0.05) is 12.7 Å². The minimum atomic E-state index is 0.415. The summed E-state index contributed by atoms with van der Waals surface area (Å²) in [4.78, 5) is 9.45. The molecule has 2 atom stereocenters. The Balaban J connectivity index is 1.75. The minimum absolute atomic E-state index is 0.415. The highest BCUT2D eigenvalue weighted by Gasteiger charge is 2.26. The number of hydrogen-bond donors (Lipinski definition) is 1. The summed E-state index contributed by atoms with van der Waals surface area (Å²) >= 11 is 2.08. The molecule has 2 fully saturated rings. The van der Waals surface area contributed by atoms with Crippen LogP contribution in [0.25, 0.3) is 11.2 Å². The van der Waals surface area contributed by atoms with Crippen LogP contribution in [0.2, 0.25) is 0 Å². The molecule has 4 nitrogen and oxygen atoms in total. The highest BCUT2D eigenvalue weighted by atomic mass is 32.2. The summed E-state index contributed by atoms with van der Waals surface area (Å²) in [5.74, 6) is 4.57. The molecule has 2 unspecified atom stereocenters. The largest absolute Gasteiger partial charge is 0.311 e. The van der Waals surface area contributed by atoms with Crippen LogP contribution in [0.4, 0.5) is 0 Å². The zero-order valence-corrected chi connectivity index (χ0v) is 12.4. The molecule has 0 bridgehead atoms. The van der Waals surface area contributed by atoms with E-state index >= 15 is 0 Å². The molecule has 4 heterocycles. The van der Waals surface area contributed by atoms with Crippen molar-refractivity contribution in [3.63, 3.8) is 0 Å². The minimum Gasteiger partial charge on any atom is -0.311 e. The fraction of sp³-hybridized carbons (Fsp3) is 0.600. The average Bonchev–Trinajstić information content (AvgIpc) is 3.19. The van der Waals surface area contributed by atoms with Crippen molar-refractivity contribution in [2.24, 2.45) is 5.92 Å². The van der Waals surface area contributed by atoms with Crippen LogP contribution in [-0.2, 0) is 6.54 Å². The molecule has 2 aromatic heterocycles. The van der Waals surface area contributed by atoms with Crippen LogP contribution < -0.4 is 5.32 Å². The zero-order valence-electron chi connectivity index (χ0n) is 11.6. The van der Waals surface area contributed by atoms with E-state index in [2.05, 4.69) is 32.7 Å². The Morgan fingerprint density at radius 1 is 1.40 bits per heavy atom. The van der Waals surface area contributed by atoms with Crippen molar-refractivity contribution >= 4 is 22.9 Å². The van der Waals surface area contributed by atoms with Gasteiger partial charge in [-0.15, -0.1) is 0 Å². The molecule has 0 radical (unpaired) electrons. The van der Waals surface area contributed by atoms with E-state index in [0.717, 1.165) is 30.2 Å². The molecule has 2 saturated heterocycles. The van der Waals surface area contributed by atoms with E-state index in [1.165, 1.54) is 36.6 Å². The third-order valence-corrected chi connectivity index (χ3v) is 5.60. The molecule has 0 amide bonds. The predicted octanol–water partition coefficient (Wildman–Crippen LogP) is 2.61. The first-order valence-corrected chi connectivity index (χ1v) is 8.69. The van der Waals surface area contributed by atoms with Gasteiger partial charge in [-0.25, -0.2) is 9.97 Å². The van der Waals surface area contributed by atoms with Crippen LogP contribution in [0, 0.1) is 5.92 Å². The summed E-state index contributed by atoms with van der Waals surface area (Å²) in [5.41, 5.74) is 2.11. The van der Waals surface area contributed by atoms with Gasteiger partial charge in [0.2, 0.25) is 0 Å². The lowest BCUT2D eigenvalue weighted by Gasteiger charge is -2.16. The Bertz CT molecular complexity index is 597. The second kappa shape index (κ2) is 5.37. The van der Waals surface area contributed by atoms with Crippen molar-refractivity contribution in [3.05, 3.63) is 24.2 Å². The third-order valence-electron chi connectivity index (χ3n) is 4.37. The smallest absolute Gasteiger partial charge is 0.160 e. The molecule has 1 N–H and O–H groups in total. The second-order valence-corrected chi connectivity index (χ2v) is 6.96. The second-order valence-electron chi connectivity index (χ2n) is 5.81. The standard InChI is InChI=1S/C15H20N4S/c1-3-12(16-6-1)15-18-13-4-2-7-17-14(13)19(15)9-11-5-8-20-10-11/h2,4,7,11-12,16H,1,3,5-6,8-10H2. The van der Waals surface area contributed by atoms with Gasteiger partial charge in [0.15, 0.2) is 5.65 Å². The number of nitrogens with one attached hydrogen (secondary N) is 1. The molecule has 106 valence electrons. The van der Waals surface area contributed by atoms with Crippen molar-refractivity contribution in [3.8, 4) is 0 Å². The molecule has 0 saturated carbocycles. The zero-order chi connectivity index (χ0) is 13.4. The van der Waals surface area contributed by atoms with Crippen LogP contribution in [0.1, 0.15) is 31.1 Å². The summed E-state index contributed by atoms with van der Waals surface area (Å²) in [6.07, 6.45) is 5.66. The molecule has 5 heteroatoms. The summed E-state index contributed by atoms with van der Waals surface area (Å²) in [7, 11) is 0. The first-order valence-electron chi connectivity index (χ1n) is 7.54. The molecule has 4 rings (SSSR count). The molecule has 2 aliphatic rings. The molecule has 0 spiro atoms. The third kappa shape index (κ3) is 2.23. The first-order chi connectivity index (χ1) is 9.92. The van der Waals surface area contributed by atoms with Gasteiger partial charge in [0.25, 0.3) is 0 Å². The maximum absolute atomic E-state index is 4.87. The van der Waals surface area contributed by atoms with E-state index in [0.29, 0.717) is 6.04 Å². The number of imidazole rings is 1. The van der Waals surface area contributed by atoms with Crippen molar-refractivity contribution in [1.82, 2.24) is 19.9 Å². The van der Waals surface area contributed by atoms with Gasteiger partial charge in [-0.1, -0.05) is 0 Å². The number of hydrogen-bond acceptors (Lipinski definition) is 4. The molecule has 2 aliphatic heterocycles. The highest BCUT2D eigenvalue weighted by molar-refractivity contribution is 7.99. The lowest BCUT2D eigenvalue weighted by molar-refractivity contribution is 0.464. The van der Waals surface area contributed by atoms with Gasteiger partial charge in [-0.3, -0.25) is 0 Å². The maximum Gasteiger partial charge on any atom is 0.160 e. The Morgan fingerprint density at radius 3 is 3.20 bits per heavy atom. The fourth-order valence-electron chi connectivity index (χ4n) is 3.31. The van der Waals surface area contributed by atoms with Crippen LogP contribution >= 0.6 is 11.8 Å². The topological polar surface area (TPSA) is 42.7 Å². The summed E-state index contributed by atoms with van der Waals surface area (Å²) in [6.45, 7) is 2.19. The monoisotopic (exact) mass is 288 g/mol. The van der Waals surface area contributed by atoms with Crippen molar-refractivity contribution in [1.29, 1.82) is 0 Å². The van der Waals surface area contributed by atoms with Gasteiger partial charge < -0.3 is 9.88 Å². The summed E-state index contributed by atoms with van der Waals surface area (Å²) in [6, 6.07) is 4.48. The molecule has 20 heavy (non-hydrogen) atoms. The SMILES string of the molecule is c1cnc2c(c1)nc(C1CCCN1)n2CC1CCSC1.